The Balaban J connectivity index is -0.000000131. The molecule has 0 radical (unpaired) electrons. The van der Waals surface area contributed by atoms with Gasteiger partial charge in [-0.3, -0.25) is 12.6 Å². The molecule has 0 aromatic heterocycles. The summed E-state index contributed by atoms with van der Waals surface area (Å²) in [7, 11) is -8.75. The Hall–Kier alpha value is 0.956. The predicted molar refractivity (Wildman–Crippen MR) is 148 cm³/mol. The van der Waals surface area contributed by atoms with E-state index in [9.17, 15) is 8.42 Å². The number of hydrogen-bond acceptors (Lipinski definition) is 7. The fourth-order valence-electron chi connectivity index (χ4n) is 3.47. The van der Waals surface area contributed by atoms with Crippen LogP contribution in [-0.4, -0.2) is 59.9 Å². The first-order chi connectivity index (χ1) is 15.7. The van der Waals surface area contributed by atoms with Crippen LogP contribution in [0.4, 0.5) is 0 Å². The summed E-state index contributed by atoms with van der Waals surface area (Å²) in [6.45, 7) is 2.56. The number of unbranched alkanes of at least 4 members (excludes halogenated alkanes) is 15. The van der Waals surface area contributed by atoms with E-state index in [-0.39, 0.29) is 107 Å². The molecule has 10 N–H and O–H groups in total. The van der Waals surface area contributed by atoms with Crippen LogP contribution in [0, 0.1) is 0 Å². The average Bonchev–Trinajstić information content (AvgIpc) is 2.75. The molecule has 1 aromatic rings. The van der Waals surface area contributed by atoms with E-state index < -0.39 is 20.5 Å². The van der Waals surface area contributed by atoms with Crippen molar-refractivity contribution >= 4 is 20.5 Å². The fourth-order valence-corrected chi connectivity index (χ4v) is 4.44. The molecule has 0 aliphatic carbocycles. The Kier molecular flexibility index (Phi) is 60.1. The smallest absolute Gasteiger partial charge is 0.759 e. The Labute approximate surface area is 295 Å². The van der Waals surface area contributed by atoms with Gasteiger partial charge in [0.05, 0.1) is 11.5 Å². The van der Waals surface area contributed by atoms with Crippen molar-refractivity contribution in [1.29, 1.82) is 0 Å². The molecule has 0 atom stereocenters. The van der Waals surface area contributed by atoms with E-state index in [0.717, 1.165) is 12.8 Å². The Morgan fingerprint density at radius 2 is 0.850 bits per heavy atom. The summed E-state index contributed by atoms with van der Waals surface area (Å²) in [5, 5.41) is 0. The second kappa shape index (κ2) is 40.0. The molecule has 16 heteroatoms. The van der Waals surface area contributed by atoms with Gasteiger partial charge in [0.1, 0.15) is 0 Å². The molecule has 1 rings (SSSR count). The summed E-state index contributed by atoms with van der Waals surface area (Å²) in [4.78, 5) is 0.242. The third kappa shape index (κ3) is 45.9. The minimum atomic E-state index is -5.17. The van der Waals surface area contributed by atoms with Gasteiger partial charge in [0.15, 0.2) is 0 Å². The van der Waals surface area contributed by atoms with E-state index in [1.54, 1.807) is 30.3 Å². The molecule has 0 spiro atoms. The van der Waals surface area contributed by atoms with Crippen molar-refractivity contribution in [3.05, 3.63) is 30.3 Å². The maximum absolute atomic E-state index is 12.0. The van der Waals surface area contributed by atoms with Crippen molar-refractivity contribution in [3.8, 4) is 0 Å². The van der Waals surface area contributed by atoms with Crippen LogP contribution in [0.25, 0.3) is 0 Å². The summed E-state index contributed by atoms with van der Waals surface area (Å²) >= 11 is 0. The molecular formula is C24H52CuKO12S2. The van der Waals surface area contributed by atoms with Gasteiger partial charge in [0.25, 0.3) is 10.1 Å². The molecule has 0 aliphatic rings. The molecule has 0 unspecified atom stereocenters. The first-order valence-corrected chi connectivity index (χ1v) is 15.0. The van der Waals surface area contributed by atoms with Gasteiger partial charge in [-0.25, -0.2) is 0 Å². The van der Waals surface area contributed by atoms with Crippen molar-refractivity contribution < 1.29 is 126 Å². The molecule has 0 aliphatic heterocycles. The van der Waals surface area contributed by atoms with E-state index in [2.05, 4.69) is 6.92 Å². The van der Waals surface area contributed by atoms with Gasteiger partial charge in [-0.2, -0.15) is 8.42 Å². The van der Waals surface area contributed by atoms with Gasteiger partial charge in [0.2, 0.25) is 0 Å². The molecule has 12 nitrogen and oxygen atoms in total. The van der Waals surface area contributed by atoms with Crippen molar-refractivity contribution in [2.24, 2.45) is 0 Å². The molecule has 0 bridgehead atoms. The van der Waals surface area contributed by atoms with Gasteiger partial charge >= 0.3 is 68.5 Å². The Morgan fingerprint density at radius 1 is 0.575 bits per heavy atom. The van der Waals surface area contributed by atoms with E-state index in [1.807, 2.05) is 0 Å². The third-order valence-electron chi connectivity index (χ3n) is 5.27. The van der Waals surface area contributed by atoms with Crippen LogP contribution in [0.2, 0.25) is 0 Å². The summed E-state index contributed by atoms with van der Waals surface area (Å²) in [5.41, 5.74) is 0. The molecule has 0 saturated heterocycles. The van der Waals surface area contributed by atoms with Crippen LogP contribution in [0.1, 0.15) is 110 Å². The molecule has 0 amide bonds. The largest absolute Gasteiger partial charge is 1.00 e. The van der Waals surface area contributed by atoms with E-state index in [1.165, 1.54) is 89.9 Å². The second-order valence-corrected chi connectivity index (χ2v) is 10.7. The van der Waals surface area contributed by atoms with Crippen LogP contribution in [0.15, 0.2) is 35.2 Å². The first kappa shape index (κ1) is 60.2. The summed E-state index contributed by atoms with van der Waals surface area (Å²) < 4.78 is 63.1. The zero-order valence-corrected chi connectivity index (χ0v) is 29.6. The minimum Gasteiger partial charge on any atom is -0.759 e. The van der Waals surface area contributed by atoms with Crippen LogP contribution >= 0.6 is 0 Å². The van der Waals surface area contributed by atoms with Crippen molar-refractivity contribution in [1.82, 2.24) is 0 Å². The van der Waals surface area contributed by atoms with E-state index in [4.69, 9.17) is 21.7 Å². The zero-order chi connectivity index (χ0) is 24.8. The molecular weight excluding hydrogens is 647 g/mol. The molecule has 1 aromatic carbocycles. The first-order valence-electron chi connectivity index (χ1n) is 12.3. The fraction of sp³-hybridized carbons (Fsp3) is 0.750. The monoisotopic (exact) mass is 698 g/mol. The molecule has 244 valence electrons. The minimum absolute atomic E-state index is 0. The van der Waals surface area contributed by atoms with Gasteiger partial charge in [-0.05, 0) is 18.6 Å². The van der Waals surface area contributed by atoms with Gasteiger partial charge in [-0.15, -0.1) is 0 Å². The summed E-state index contributed by atoms with van der Waals surface area (Å²) in [5.74, 6) is 0. The quantitative estimate of drug-likeness (QED) is 0.0581. The number of rotatable bonds is 19. The Morgan fingerprint density at radius 3 is 1.15 bits per heavy atom. The van der Waals surface area contributed by atoms with Crippen LogP contribution in [0.3, 0.4) is 0 Å². The van der Waals surface area contributed by atoms with Gasteiger partial charge < -0.3 is 36.5 Å². The number of benzene rings is 1. The normalized spacial score (nSPS) is 9.68. The molecule has 0 fully saturated rings. The SMILES string of the molecule is CCCCCCCCCCCCCCCCCCOS(=O)(=O)c1ccccc1.O.O.O.O.O.O=S(=O)([O-])[O-].[Cu+].[K+]. The molecule has 40 heavy (non-hydrogen) atoms. The van der Waals surface area contributed by atoms with Crippen molar-refractivity contribution in [2.45, 2.75) is 115 Å². The van der Waals surface area contributed by atoms with Crippen molar-refractivity contribution in [3.63, 3.8) is 0 Å². The van der Waals surface area contributed by atoms with Crippen LogP contribution in [0.5, 0.6) is 0 Å². The zero-order valence-electron chi connectivity index (χ0n) is 23.9. The molecule has 0 saturated carbocycles. The maximum atomic E-state index is 12.0. The average molecular weight is 699 g/mol. The summed E-state index contributed by atoms with van der Waals surface area (Å²) in [6.07, 6.45) is 20.9. The third-order valence-corrected chi connectivity index (χ3v) is 6.59. The second-order valence-electron chi connectivity index (χ2n) is 8.30. The van der Waals surface area contributed by atoms with Crippen molar-refractivity contribution in [2.75, 3.05) is 6.61 Å². The molecule has 0 heterocycles. The topological polar surface area (TPSA) is 281 Å². The number of hydrogen-bond donors (Lipinski definition) is 0. The van der Waals surface area contributed by atoms with Crippen LogP contribution in [-0.2, 0) is 41.8 Å². The summed E-state index contributed by atoms with van der Waals surface area (Å²) in [6, 6.07) is 8.37. The van der Waals surface area contributed by atoms with E-state index in [0.29, 0.717) is 0 Å². The standard InChI is InChI=1S/C24H42O3S.Cu.K.H2O4S.5H2O/c1-2-3-4-5-6-7-8-9-10-11-12-13-14-15-16-20-23-27-28(25,26)24-21-18-17-19-22-24;;;1-5(2,3)4;;;;;/h17-19,21-22H,2-16,20,23H2,1H3;;;(H2,1,2,3,4);5*1H2/q;2*+1;;;;;;/p-2. The van der Waals surface area contributed by atoms with Crippen LogP contribution < -0.4 is 51.4 Å². The predicted octanol–water partition coefficient (Wildman–Crippen LogP) is -0.807. The van der Waals surface area contributed by atoms with Gasteiger partial charge in [-0.1, -0.05) is 121 Å². The van der Waals surface area contributed by atoms with Gasteiger partial charge in [0, 0.05) is 10.4 Å². The Bertz CT molecular complexity index is 778. The maximum Gasteiger partial charge on any atom is 1.00 e. The van der Waals surface area contributed by atoms with E-state index >= 15 is 0 Å².